The molecule has 0 rings (SSSR count). The topological polar surface area (TPSA) is 55.1 Å². The molecule has 17 heavy (non-hydrogen) atoms. The van der Waals surface area contributed by atoms with Crippen molar-refractivity contribution in [3.05, 3.63) is 35.2 Å². The van der Waals surface area contributed by atoms with E-state index in [0.29, 0.717) is 22.3 Å². The number of nitrogens with one attached hydrogen (secondary N) is 1. The maximum atomic E-state index is 11.6. The van der Waals surface area contributed by atoms with Gasteiger partial charge in [-0.1, -0.05) is 44.7 Å². The van der Waals surface area contributed by atoms with Gasteiger partial charge in [-0.3, -0.25) is 9.52 Å². The van der Waals surface area contributed by atoms with Crippen molar-refractivity contribution in [3.63, 3.8) is 0 Å². The van der Waals surface area contributed by atoms with E-state index in [1.165, 1.54) is 0 Å². The van der Waals surface area contributed by atoms with Crippen molar-refractivity contribution in [2.75, 3.05) is 0 Å². The average molecular weight is 275 g/mol. The van der Waals surface area contributed by atoms with Gasteiger partial charge in [-0.25, -0.2) is 0 Å². The standard InChI is InChI=1S/C12H19ClN2OS/c1-5-6-11(9(4)13)17-15-12(16)10(14)7-8(2)3/h5-6,8,10H,1,4,7,14H2,2-3H3,(H,15,16)/b11-6+. The third kappa shape index (κ3) is 7.26. The Morgan fingerprint density at radius 2 is 2.18 bits per heavy atom. The molecule has 3 N–H and O–H groups in total. The molecular weight excluding hydrogens is 256 g/mol. The lowest BCUT2D eigenvalue weighted by Crippen LogP contribution is -2.38. The van der Waals surface area contributed by atoms with E-state index in [9.17, 15) is 4.79 Å². The number of hydrogen-bond donors (Lipinski definition) is 2. The molecule has 0 aromatic heterocycles. The van der Waals surface area contributed by atoms with E-state index in [0.717, 1.165) is 11.9 Å². The minimum Gasteiger partial charge on any atom is -0.320 e. The molecule has 0 saturated heterocycles. The smallest absolute Gasteiger partial charge is 0.246 e. The molecule has 3 nitrogen and oxygen atoms in total. The highest BCUT2D eigenvalue weighted by Crippen LogP contribution is 2.23. The SMILES string of the molecule is C=C/C=C(/SNC(=O)C(N)CC(C)C)C(=C)Cl. The predicted molar refractivity (Wildman–Crippen MR) is 76.4 cm³/mol. The zero-order valence-corrected chi connectivity index (χ0v) is 11.8. The fourth-order valence-electron chi connectivity index (χ4n) is 1.08. The largest absolute Gasteiger partial charge is 0.320 e. The predicted octanol–water partition coefficient (Wildman–Crippen LogP) is 2.95. The summed E-state index contributed by atoms with van der Waals surface area (Å²) in [7, 11) is 0. The van der Waals surface area contributed by atoms with Crippen LogP contribution < -0.4 is 10.5 Å². The lowest BCUT2D eigenvalue weighted by Gasteiger charge is -2.14. The van der Waals surface area contributed by atoms with Gasteiger partial charge < -0.3 is 5.73 Å². The second-order valence-electron chi connectivity index (χ2n) is 3.98. The van der Waals surface area contributed by atoms with E-state index in [2.05, 4.69) is 17.9 Å². The quantitative estimate of drug-likeness (QED) is 0.554. The first-order valence-electron chi connectivity index (χ1n) is 5.28. The van der Waals surface area contributed by atoms with E-state index in [4.69, 9.17) is 17.3 Å². The lowest BCUT2D eigenvalue weighted by atomic mass is 10.0. The molecule has 0 aliphatic rings. The summed E-state index contributed by atoms with van der Waals surface area (Å²) in [5, 5.41) is 0.354. The summed E-state index contributed by atoms with van der Waals surface area (Å²) < 4.78 is 2.65. The Labute approximate surface area is 112 Å². The van der Waals surface area contributed by atoms with Crippen LogP contribution in [0.5, 0.6) is 0 Å². The second-order valence-corrected chi connectivity index (χ2v) is 5.28. The number of carbonyl (C=O) groups excluding carboxylic acids is 1. The van der Waals surface area contributed by atoms with Crippen LogP contribution in [0.3, 0.4) is 0 Å². The van der Waals surface area contributed by atoms with Crippen molar-refractivity contribution in [3.8, 4) is 0 Å². The van der Waals surface area contributed by atoms with Crippen LogP contribution in [0.15, 0.2) is 35.2 Å². The highest BCUT2D eigenvalue weighted by molar-refractivity contribution is 8.02. The molecule has 1 unspecified atom stereocenters. The minimum atomic E-state index is -0.504. The van der Waals surface area contributed by atoms with Gasteiger partial charge in [0.2, 0.25) is 5.91 Å². The van der Waals surface area contributed by atoms with Gasteiger partial charge >= 0.3 is 0 Å². The van der Waals surface area contributed by atoms with Gasteiger partial charge in [0, 0.05) is 9.94 Å². The van der Waals surface area contributed by atoms with Gasteiger partial charge in [0.1, 0.15) is 0 Å². The Balaban J connectivity index is 4.26. The molecule has 0 saturated carbocycles. The zero-order valence-electron chi connectivity index (χ0n) is 10.2. The van der Waals surface area contributed by atoms with Crippen molar-refractivity contribution in [2.45, 2.75) is 26.3 Å². The van der Waals surface area contributed by atoms with Crippen LogP contribution in [0.2, 0.25) is 0 Å². The number of nitrogens with two attached hydrogens (primary N) is 1. The molecule has 5 heteroatoms. The number of rotatable bonds is 7. The molecule has 0 fully saturated rings. The average Bonchev–Trinajstić information content (AvgIpc) is 2.22. The van der Waals surface area contributed by atoms with Crippen LogP contribution in [-0.2, 0) is 4.79 Å². The zero-order chi connectivity index (χ0) is 13.4. The third-order valence-corrected chi connectivity index (χ3v) is 3.08. The molecule has 0 aliphatic carbocycles. The van der Waals surface area contributed by atoms with Crippen molar-refractivity contribution < 1.29 is 4.79 Å². The van der Waals surface area contributed by atoms with E-state index in [1.807, 2.05) is 13.8 Å². The molecule has 0 aromatic carbocycles. The first kappa shape index (κ1) is 16.3. The van der Waals surface area contributed by atoms with Crippen LogP contribution >= 0.6 is 23.5 Å². The number of halogens is 1. The summed E-state index contributed by atoms with van der Waals surface area (Å²) in [5.41, 5.74) is 5.73. The summed E-state index contributed by atoms with van der Waals surface area (Å²) in [4.78, 5) is 12.3. The van der Waals surface area contributed by atoms with Gasteiger partial charge in [0.05, 0.1) is 6.04 Å². The van der Waals surface area contributed by atoms with E-state index in [-0.39, 0.29) is 5.91 Å². The van der Waals surface area contributed by atoms with Crippen molar-refractivity contribution in [2.24, 2.45) is 11.7 Å². The molecule has 0 spiro atoms. The van der Waals surface area contributed by atoms with Crippen LogP contribution in [0.4, 0.5) is 0 Å². The van der Waals surface area contributed by atoms with Crippen molar-refractivity contribution in [1.29, 1.82) is 0 Å². The highest BCUT2D eigenvalue weighted by atomic mass is 35.5. The molecule has 0 heterocycles. The molecule has 0 aromatic rings. The normalized spacial score (nSPS) is 13.4. The third-order valence-electron chi connectivity index (χ3n) is 1.86. The molecule has 0 bridgehead atoms. The van der Waals surface area contributed by atoms with Gasteiger partial charge in [-0.2, -0.15) is 0 Å². The number of hydrogen-bond acceptors (Lipinski definition) is 3. The van der Waals surface area contributed by atoms with Gasteiger partial charge in [-0.05, 0) is 30.4 Å². The molecule has 1 atom stereocenters. The van der Waals surface area contributed by atoms with Gasteiger partial charge in [0.15, 0.2) is 0 Å². The molecule has 1 amide bonds. The summed E-state index contributed by atoms with van der Waals surface area (Å²) in [5.74, 6) is 0.170. The Bertz CT molecular complexity index is 326. The van der Waals surface area contributed by atoms with E-state index >= 15 is 0 Å². The maximum absolute atomic E-state index is 11.6. The Morgan fingerprint density at radius 3 is 2.59 bits per heavy atom. The Morgan fingerprint density at radius 1 is 1.59 bits per heavy atom. The van der Waals surface area contributed by atoms with Gasteiger partial charge in [-0.15, -0.1) is 0 Å². The molecule has 96 valence electrons. The fourth-order valence-corrected chi connectivity index (χ4v) is 1.90. The minimum absolute atomic E-state index is 0.212. The first-order chi connectivity index (χ1) is 7.88. The van der Waals surface area contributed by atoms with Crippen molar-refractivity contribution >= 4 is 29.5 Å². The van der Waals surface area contributed by atoms with Crippen LogP contribution in [0.25, 0.3) is 0 Å². The van der Waals surface area contributed by atoms with Crippen LogP contribution in [0, 0.1) is 5.92 Å². The number of carbonyl (C=O) groups is 1. The summed E-state index contributed by atoms with van der Waals surface area (Å²) >= 11 is 6.85. The first-order valence-corrected chi connectivity index (χ1v) is 6.47. The second kappa shape index (κ2) is 8.39. The van der Waals surface area contributed by atoms with E-state index < -0.39 is 6.04 Å². The number of allylic oxidation sites excluding steroid dienone is 3. The van der Waals surface area contributed by atoms with Gasteiger partial charge in [0.25, 0.3) is 0 Å². The monoisotopic (exact) mass is 274 g/mol. The Kier molecular flexibility index (Phi) is 8.04. The highest BCUT2D eigenvalue weighted by Gasteiger charge is 2.15. The van der Waals surface area contributed by atoms with Crippen molar-refractivity contribution in [1.82, 2.24) is 4.72 Å². The number of amides is 1. The summed E-state index contributed by atoms with van der Waals surface area (Å²) in [6.07, 6.45) is 3.90. The molecule has 0 aliphatic heterocycles. The van der Waals surface area contributed by atoms with E-state index in [1.54, 1.807) is 12.2 Å². The van der Waals surface area contributed by atoms with Crippen LogP contribution in [-0.4, -0.2) is 11.9 Å². The molecular formula is C12H19ClN2OS. The van der Waals surface area contributed by atoms with Crippen LogP contribution in [0.1, 0.15) is 20.3 Å². The molecule has 0 radical (unpaired) electrons. The Hall–Kier alpha value is -0.710. The summed E-state index contributed by atoms with van der Waals surface area (Å²) in [6.45, 7) is 11.2. The maximum Gasteiger partial charge on any atom is 0.246 e. The summed E-state index contributed by atoms with van der Waals surface area (Å²) in [6, 6.07) is -0.504. The lowest BCUT2D eigenvalue weighted by molar-refractivity contribution is -0.120. The fraction of sp³-hybridized carbons (Fsp3) is 0.417.